The molecule has 8 heteroatoms. The van der Waals surface area contributed by atoms with Gasteiger partial charge in [0.05, 0.1) is 0 Å². The zero-order valence-electron chi connectivity index (χ0n) is 6.68. The van der Waals surface area contributed by atoms with Crippen molar-refractivity contribution in [1.82, 2.24) is 4.57 Å². The summed E-state index contributed by atoms with van der Waals surface area (Å²) in [6.07, 6.45) is -1.22. The van der Waals surface area contributed by atoms with Crippen molar-refractivity contribution in [1.29, 1.82) is 0 Å². The van der Waals surface area contributed by atoms with Crippen molar-refractivity contribution in [3.8, 4) is 0 Å². The number of hydrogen-bond acceptors (Lipinski definition) is 6. The van der Waals surface area contributed by atoms with Crippen molar-refractivity contribution in [3.05, 3.63) is 41.2 Å². The van der Waals surface area contributed by atoms with Crippen LogP contribution in [-0.4, -0.2) is 10.7 Å². The molecule has 8 nitrogen and oxygen atoms in total. The number of carbonyl (C=O) groups excluding carboxylic acids is 1. The normalized spacial score (nSPS) is 10.0. The average molecular weight is 200 g/mol. The van der Waals surface area contributed by atoms with Crippen molar-refractivity contribution in [3.63, 3.8) is 0 Å². The molecule has 0 aliphatic heterocycles. The van der Waals surface area contributed by atoms with Crippen LogP contribution in [0.4, 0.5) is 4.79 Å². The minimum Gasteiger partial charge on any atom is -0.428 e. The zero-order valence-corrected chi connectivity index (χ0v) is 6.68. The lowest BCUT2D eigenvalue weighted by atomic mass is 10.6. The first-order valence-electron chi connectivity index (χ1n) is 3.32. The van der Waals surface area contributed by atoms with Gasteiger partial charge in [-0.15, -0.1) is 0 Å². The van der Waals surface area contributed by atoms with Gasteiger partial charge in [-0.3, -0.25) is 19.2 Å². The summed E-state index contributed by atoms with van der Waals surface area (Å²) < 4.78 is 4.29. The van der Waals surface area contributed by atoms with Crippen LogP contribution in [0.15, 0.2) is 19.2 Å². The fraction of sp³-hybridized carbons (Fsp3) is 0.167. The number of primary amides is 1. The Morgan fingerprint density at radius 2 is 1.57 bits per heavy atom. The molecule has 1 amide bonds. The molecule has 0 aliphatic rings. The fourth-order valence-electron chi connectivity index (χ4n) is 0.777. The molecule has 1 aromatic heterocycles. The van der Waals surface area contributed by atoms with E-state index in [9.17, 15) is 24.0 Å². The highest BCUT2D eigenvalue weighted by Gasteiger charge is 2.15. The van der Waals surface area contributed by atoms with Gasteiger partial charge in [-0.2, -0.15) is 0 Å². The van der Waals surface area contributed by atoms with Gasteiger partial charge in [0.25, 0.3) is 10.9 Å². The predicted molar refractivity (Wildman–Crippen MR) is 42.6 cm³/mol. The molecule has 0 bridgehead atoms. The SMILES string of the molecule is NC(=O)OCn1c(=O)c(=O)c(=O)c1=O. The molecule has 0 radical (unpaired) electrons. The fourth-order valence-corrected chi connectivity index (χ4v) is 0.777. The van der Waals surface area contributed by atoms with E-state index in [2.05, 4.69) is 10.5 Å². The van der Waals surface area contributed by atoms with Gasteiger partial charge in [-0.1, -0.05) is 0 Å². The molecular formula is C6H4N2O6. The number of ether oxygens (including phenoxy) is 1. The van der Waals surface area contributed by atoms with Crippen LogP contribution in [0.25, 0.3) is 0 Å². The van der Waals surface area contributed by atoms with Crippen LogP contribution in [-0.2, 0) is 11.5 Å². The van der Waals surface area contributed by atoms with E-state index in [1.807, 2.05) is 0 Å². The summed E-state index contributed by atoms with van der Waals surface area (Å²) in [6.45, 7) is -0.829. The Hall–Kier alpha value is -2.25. The predicted octanol–water partition coefficient (Wildman–Crippen LogP) is -3.14. The molecule has 0 fully saturated rings. The molecule has 0 atom stereocenters. The molecular weight excluding hydrogens is 196 g/mol. The molecule has 74 valence electrons. The van der Waals surface area contributed by atoms with E-state index in [4.69, 9.17) is 0 Å². The Balaban J connectivity index is 3.24. The lowest BCUT2D eigenvalue weighted by molar-refractivity contribution is 0.121. The first-order chi connectivity index (χ1) is 6.45. The first kappa shape index (κ1) is 9.84. The van der Waals surface area contributed by atoms with Crippen molar-refractivity contribution in [2.75, 3.05) is 0 Å². The highest BCUT2D eigenvalue weighted by molar-refractivity contribution is 5.64. The summed E-state index contributed by atoms with van der Waals surface area (Å²) >= 11 is 0. The summed E-state index contributed by atoms with van der Waals surface area (Å²) in [5, 5.41) is 0. The van der Waals surface area contributed by atoms with Crippen LogP contribution in [0.3, 0.4) is 0 Å². The summed E-state index contributed by atoms with van der Waals surface area (Å²) in [5.41, 5.74) is -0.969. The minimum absolute atomic E-state index is 0.204. The first-order valence-corrected chi connectivity index (χ1v) is 3.32. The van der Waals surface area contributed by atoms with E-state index in [0.717, 1.165) is 0 Å². The number of aromatic nitrogens is 1. The van der Waals surface area contributed by atoms with E-state index in [-0.39, 0.29) is 4.57 Å². The summed E-state index contributed by atoms with van der Waals surface area (Å²) in [7, 11) is 0. The molecule has 14 heavy (non-hydrogen) atoms. The van der Waals surface area contributed by atoms with Gasteiger partial charge >= 0.3 is 17.2 Å². The maximum atomic E-state index is 10.8. The third kappa shape index (κ3) is 1.44. The smallest absolute Gasteiger partial charge is 0.406 e. The topological polar surface area (TPSA) is 126 Å². The van der Waals surface area contributed by atoms with Gasteiger partial charge in [0.15, 0.2) is 6.73 Å². The molecule has 0 spiro atoms. The van der Waals surface area contributed by atoms with Crippen molar-refractivity contribution >= 4 is 6.09 Å². The third-order valence-corrected chi connectivity index (χ3v) is 1.42. The van der Waals surface area contributed by atoms with Gasteiger partial charge in [-0.25, -0.2) is 9.36 Å². The molecule has 2 N–H and O–H groups in total. The van der Waals surface area contributed by atoms with Crippen molar-refractivity contribution in [2.24, 2.45) is 5.73 Å². The van der Waals surface area contributed by atoms with Crippen LogP contribution >= 0.6 is 0 Å². The number of hydrogen-bond donors (Lipinski definition) is 1. The van der Waals surface area contributed by atoms with Crippen molar-refractivity contribution in [2.45, 2.75) is 6.73 Å². The van der Waals surface area contributed by atoms with Gasteiger partial charge in [0, 0.05) is 0 Å². The monoisotopic (exact) mass is 200 g/mol. The number of carbonyl (C=O) groups is 1. The van der Waals surface area contributed by atoms with E-state index in [1.165, 1.54) is 0 Å². The summed E-state index contributed by atoms with van der Waals surface area (Å²) in [6, 6.07) is 0. The number of nitrogens with two attached hydrogens (primary N) is 1. The second-order valence-corrected chi connectivity index (χ2v) is 2.29. The average Bonchev–Trinajstić information content (AvgIpc) is 2.29. The Labute approximate surface area is 74.8 Å². The van der Waals surface area contributed by atoms with Gasteiger partial charge in [0.1, 0.15) is 0 Å². The molecule has 0 saturated carbocycles. The van der Waals surface area contributed by atoms with Gasteiger partial charge in [0.2, 0.25) is 0 Å². The Morgan fingerprint density at radius 3 is 1.93 bits per heavy atom. The quantitative estimate of drug-likeness (QED) is 0.502. The van der Waals surface area contributed by atoms with E-state index in [0.29, 0.717) is 0 Å². The Morgan fingerprint density at radius 1 is 1.14 bits per heavy atom. The molecule has 1 aromatic rings. The Kier molecular flexibility index (Phi) is 2.28. The highest BCUT2D eigenvalue weighted by Crippen LogP contribution is 1.74. The molecule has 1 heterocycles. The molecule has 0 saturated heterocycles. The molecule has 0 unspecified atom stereocenters. The standard InChI is InChI=1S/C6H4N2O6/c7-6(13)14-1-8-4(11)2(9)3(10)5(8)12/h1H2,(H2,7,13). The second-order valence-electron chi connectivity index (χ2n) is 2.29. The number of rotatable bonds is 2. The van der Waals surface area contributed by atoms with Crippen LogP contribution in [0.2, 0.25) is 0 Å². The maximum Gasteiger partial charge on any atom is 0.406 e. The lowest BCUT2D eigenvalue weighted by Gasteiger charge is -1.98. The van der Waals surface area contributed by atoms with Crippen LogP contribution in [0.5, 0.6) is 0 Å². The van der Waals surface area contributed by atoms with Crippen LogP contribution < -0.4 is 27.7 Å². The summed E-state index contributed by atoms with van der Waals surface area (Å²) in [5.74, 6) is 0. The third-order valence-electron chi connectivity index (χ3n) is 1.42. The van der Waals surface area contributed by atoms with Gasteiger partial charge < -0.3 is 10.5 Å². The minimum atomic E-state index is -1.44. The Bertz CT molecular complexity index is 519. The molecule has 1 rings (SSSR count). The van der Waals surface area contributed by atoms with Gasteiger partial charge in [-0.05, 0) is 0 Å². The molecule has 0 aromatic carbocycles. The van der Waals surface area contributed by atoms with E-state index in [1.54, 1.807) is 0 Å². The molecule has 0 aliphatic carbocycles. The lowest BCUT2D eigenvalue weighted by Crippen LogP contribution is -2.34. The zero-order chi connectivity index (χ0) is 10.9. The van der Waals surface area contributed by atoms with E-state index < -0.39 is 34.8 Å². The number of amides is 1. The second kappa shape index (κ2) is 3.24. The highest BCUT2D eigenvalue weighted by atomic mass is 16.6. The van der Waals surface area contributed by atoms with E-state index >= 15 is 0 Å². The van der Waals surface area contributed by atoms with Crippen LogP contribution in [0, 0.1) is 0 Å². The van der Waals surface area contributed by atoms with Crippen molar-refractivity contribution < 1.29 is 9.53 Å². The maximum absolute atomic E-state index is 10.8. The number of nitrogens with zero attached hydrogens (tertiary/aromatic N) is 1. The van der Waals surface area contributed by atoms with Crippen LogP contribution in [0.1, 0.15) is 0 Å². The summed E-state index contributed by atoms with van der Waals surface area (Å²) in [4.78, 5) is 53.1. The largest absolute Gasteiger partial charge is 0.428 e.